The van der Waals surface area contributed by atoms with E-state index in [0.29, 0.717) is 25.7 Å². The lowest BCUT2D eigenvalue weighted by Gasteiger charge is -2.13. The number of nitrogens with one attached hydrogen (secondary N) is 2. The normalized spacial score (nSPS) is 11.5. The Kier molecular flexibility index (Phi) is 11.3. The summed E-state index contributed by atoms with van der Waals surface area (Å²) in [4.78, 5) is 4.63. The first-order valence-electron chi connectivity index (χ1n) is 9.50. The molecule has 0 bridgehead atoms. The Morgan fingerprint density at radius 3 is 2.58 bits per heavy atom. The van der Waals surface area contributed by atoms with Crippen molar-refractivity contribution in [3.63, 3.8) is 0 Å². The summed E-state index contributed by atoms with van der Waals surface area (Å²) in [6.07, 6.45) is 1.09. The Morgan fingerprint density at radius 1 is 1.12 bits per heavy atom. The number of rotatable bonds is 12. The highest BCUT2D eigenvalue weighted by Gasteiger charge is 2.05. The van der Waals surface area contributed by atoms with E-state index in [2.05, 4.69) is 36.4 Å². The Labute approximate surface area is 158 Å². The van der Waals surface area contributed by atoms with Crippen LogP contribution >= 0.6 is 0 Å². The van der Waals surface area contributed by atoms with Crippen molar-refractivity contribution in [2.45, 2.75) is 40.7 Å². The Morgan fingerprint density at radius 2 is 1.92 bits per heavy atom. The third kappa shape index (κ3) is 8.94. The van der Waals surface area contributed by atoms with Crippen LogP contribution in [0.5, 0.6) is 11.5 Å². The third-order valence-electron chi connectivity index (χ3n) is 3.67. The van der Waals surface area contributed by atoms with E-state index in [1.165, 1.54) is 0 Å². The Balaban J connectivity index is 2.53. The number of ether oxygens (including phenoxy) is 3. The number of hydrogen-bond acceptors (Lipinski definition) is 4. The van der Waals surface area contributed by atoms with Gasteiger partial charge >= 0.3 is 0 Å². The largest absolute Gasteiger partial charge is 0.493 e. The molecule has 0 aliphatic heterocycles. The van der Waals surface area contributed by atoms with Crippen LogP contribution in [-0.2, 0) is 11.3 Å². The van der Waals surface area contributed by atoms with Crippen molar-refractivity contribution < 1.29 is 14.2 Å². The van der Waals surface area contributed by atoms with Gasteiger partial charge in [-0.15, -0.1) is 0 Å². The van der Waals surface area contributed by atoms with Crippen LogP contribution in [0.2, 0.25) is 0 Å². The van der Waals surface area contributed by atoms with Crippen LogP contribution in [0, 0.1) is 5.92 Å². The SMILES string of the molecule is CCNC(=NCc1ccc(OC)c(OCC)c1)NCCOCCC(C)C. The van der Waals surface area contributed by atoms with Crippen LogP contribution in [0.4, 0.5) is 0 Å². The highest BCUT2D eigenvalue weighted by atomic mass is 16.5. The van der Waals surface area contributed by atoms with Gasteiger partial charge < -0.3 is 24.8 Å². The summed E-state index contributed by atoms with van der Waals surface area (Å²) in [6.45, 7) is 12.6. The van der Waals surface area contributed by atoms with Gasteiger partial charge in [0.25, 0.3) is 0 Å². The molecule has 6 nitrogen and oxygen atoms in total. The first-order chi connectivity index (χ1) is 12.6. The maximum Gasteiger partial charge on any atom is 0.191 e. The van der Waals surface area contributed by atoms with Gasteiger partial charge in [-0.25, -0.2) is 4.99 Å². The van der Waals surface area contributed by atoms with E-state index in [-0.39, 0.29) is 0 Å². The van der Waals surface area contributed by atoms with E-state index < -0.39 is 0 Å². The fourth-order valence-corrected chi connectivity index (χ4v) is 2.26. The van der Waals surface area contributed by atoms with E-state index in [1.54, 1.807) is 7.11 Å². The van der Waals surface area contributed by atoms with E-state index in [1.807, 2.05) is 25.1 Å². The smallest absolute Gasteiger partial charge is 0.191 e. The second-order valence-corrected chi connectivity index (χ2v) is 6.34. The molecular formula is C20H35N3O3. The Hall–Kier alpha value is -1.95. The summed E-state index contributed by atoms with van der Waals surface area (Å²) in [6, 6.07) is 5.90. The number of guanidine groups is 1. The van der Waals surface area contributed by atoms with E-state index in [4.69, 9.17) is 14.2 Å². The number of nitrogens with zero attached hydrogens (tertiary/aromatic N) is 1. The molecule has 0 unspecified atom stereocenters. The summed E-state index contributed by atoms with van der Waals surface area (Å²) in [5.41, 5.74) is 1.07. The number of methoxy groups -OCH3 is 1. The molecule has 0 radical (unpaired) electrons. The first-order valence-corrected chi connectivity index (χ1v) is 9.50. The fourth-order valence-electron chi connectivity index (χ4n) is 2.26. The van der Waals surface area contributed by atoms with Gasteiger partial charge in [-0.3, -0.25) is 0 Å². The lowest BCUT2D eigenvalue weighted by atomic mass is 10.1. The van der Waals surface area contributed by atoms with Crippen LogP contribution in [0.3, 0.4) is 0 Å². The summed E-state index contributed by atoms with van der Waals surface area (Å²) in [5, 5.41) is 6.55. The van der Waals surface area contributed by atoms with Gasteiger partial charge in [-0.2, -0.15) is 0 Å². The maximum absolute atomic E-state index is 5.63. The van der Waals surface area contributed by atoms with Crippen molar-refractivity contribution in [2.24, 2.45) is 10.9 Å². The van der Waals surface area contributed by atoms with Crippen LogP contribution in [0.25, 0.3) is 0 Å². The zero-order valence-electron chi connectivity index (χ0n) is 16.9. The van der Waals surface area contributed by atoms with Crippen molar-refractivity contribution in [3.8, 4) is 11.5 Å². The minimum Gasteiger partial charge on any atom is -0.493 e. The van der Waals surface area contributed by atoms with Crippen molar-refractivity contribution >= 4 is 5.96 Å². The van der Waals surface area contributed by atoms with Crippen LogP contribution in [0.15, 0.2) is 23.2 Å². The van der Waals surface area contributed by atoms with E-state index in [9.17, 15) is 0 Å². The van der Waals surface area contributed by atoms with Crippen LogP contribution in [0.1, 0.15) is 39.7 Å². The molecule has 0 spiro atoms. The summed E-state index contributed by atoms with van der Waals surface area (Å²) in [5.74, 6) is 2.95. The molecular weight excluding hydrogens is 330 g/mol. The lowest BCUT2D eigenvalue weighted by Crippen LogP contribution is -2.39. The molecule has 0 heterocycles. The van der Waals surface area contributed by atoms with Gasteiger partial charge in [0.15, 0.2) is 17.5 Å². The van der Waals surface area contributed by atoms with Gasteiger partial charge in [0.1, 0.15) is 0 Å². The second-order valence-electron chi connectivity index (χ2n) is 6.34. The summed E-state index contributed by atoms with van der Waals surface area (Å²) < 4.78 is 16.6. The standard InChI is InChI=1S/C20H35N3O3/c1-6-21-20(22-11-13-25-12-10-16(3)4)23-15-17-8-9-18(24-5)19(14-17)26-7-2/h8-9,14,16H,6-7,10-13,15H2,1-5H3,(H2,21,22,23). The molecule has 148 valence electrons. The van der Waals surface area contributed by atoms with Gasteiger partial charge in [0, 0.05) is 19.7 Å². The zero-order valence-corrected chi connectivity index (χ0v) is 16.9. The molecule has 2 N–H and O–H groups in total. The lowest BCUT2D eigenvalue weighted by molar-refractivity contribution is 0.128. The molecule has 26 heavy (non-hydrogen) atoms. The third-order valence-corrected chi connectivity index (χ3v) is 3.67. The van der Waals surface area contributed by atoms with Gasteiger partial charge in [-0.05, 0) is 43.9 Å². The minimum absolute atomic E-state index is 0.563. The fraction of sp³-hybridized carbons (Fsp3) is 0.650. The predicted octanol–water partition coefficient (Wildman–Crippen LogP) is 3.21. The van der Waals surface area contributed by atoms with Gasteiger partial charge in [0.2, 0.25) is 0 Å². The molecule has 0 aliphatic rings. The minimum atomic E-state index is 0.563. The van der Waals surface area contributed by atoms with Crippen molar-refractivity contribution in [1.29, 1.82) is 0 Å². The van der Waals surface area contributed by atoms with Crippen molar-refractivity contribution in [3.05, 3.63) is 23.8 Å². The number of benzene rings is 1. The molecule has 0 atom stereocenters. The monoisotopic (exact) mass is 365 g/mol. The first kappa shape index (κ1) is 22.1. The molecule has 0 amide bonds. The second kappa shape index (κ2) is 13.3. The highest BCUT2D eigenvalue weighted by molar-refractivity contribution is 5.79. The van der Waals surface area contributed by atoms with Crippen molar-refractivity contribution in [2.75, 3.05) is 40.0 Å². The predicted molar refractivity (Wildman–Crippen MR) is 107 cm³/mol. The molecule has 1 aromatic carbocycles. The molecule has 0 saturated carbocycles. The van der Waals surface area contributed by atoms with Crippen molar-refractivity contribution in [1.82, 2.24) is 10.6 Å². The van der Waals surface area contributed by atoms with E-state index >= 15 is 0 Å². The molecule has 0 aliphatic carbocycles. The number of hydrogen-bond donors (Lipinski definition) is 2. The zero-order chi connectivity index (χ0) is 19.2. The molecule has 1 aromatic rings. The Bertz CT molecular complexity index is 533. The van der Waals surface area contributed by atoms with E-state index in [0.717, 1.165) is 49.1 Å². The quantitative estimate of drug-likeness (QED) is 0.338. The summed E-state index contributed by atoms with van der Waals surface area (Å²) >= 11 is 0. The summed E-state index contributed by atoms with van der Waals surface area (Å²) in [7, 11) is 1.64. The van der Waals surface area contributed by atoms with Gasteiger partial charge in [-0.1, -0.05) is 19.9 Å². The average molecular weight is 366 g/mol. The number of aliphatic imine (C=N–C) groups is 1. The maximum atomic E-state index is 5.63. The topological polar surface area (TPSA) is 64.1 Å². The highest BCUT2D eigenvalue weighted by Crippen LogP contribution is 2.28. The molecule has 1 rings (SSSR count). The molecule has 0 aromatic heterocycles. The average Bonchev–Trinajstić information content (AvgIpc) is 2.62. The molecule has 0 saturated heterocycles. The molecule has 6 heteroatoms. The van der Waals surface area contributed by atoms with Crippen LogP contribution in [-0.4, -0.2) is 46.0 Å². The van der Waals surface area contributed by atoms with Gasteiger partial charge in [0.05, 0.1) is 26.9 Å². The molecule has 0 fully saturated rings. The van der Waals surface area contributed by atoms with Crippen LogP contribution < -0.4 is 20.1 Å².